The Morgan fingerprint density at radius 3 is 2.48 bits per heavy atom. The maximum Gasteiger partial charge on any atom is 0.410 e. The van der Waals surface area contributed by atoms with Crippen LogP contribution >= 0.6 is 0 Å². The maximum absolute atomic E-state index is 12.5. The molecule has 0 spiro atoms. The fourth-order valence-corrected chi connectivity index (χ4v) is 3.78. The van der Waals surface area contributed by atoms with Crippen LogP contribution in [0.4, 0.5) is 4.79 Å². The number of nitrogens with one attached hydrogen (secondary N) is 1. The summed E-state index contributed by atoms with van der Waals surface area (Å²) in [6.07, 6.45) is 4.12. The topological polar surface area (TPSA) is 67.3 Å². The lowest BCUT2D eigenvalue weighted by atomic mass is 9.80. The number of aromatic nitrogens is 2. The molecule has 0 bridgehead atoms. The summed E-state index contributed by atoms with van der Waals surface area (Å²) in [5.41, 5.74) is 3.26. The molecular formula is C21H27N3O3. The first kappa shape index (κ1) is 17.9. The molecule has 1 saturated carbocycles. The van der Waals surface area contributed by atoms with E-state index in [0.717, 1.165) is 11.4 Å². The number of hydrogen-bond acceptors (Lipinski definition) is 3. The van der Waals surface area contributed by atoms with Gasteiger partial charge in [0, 0.05) is 13.0 Å². The van der Waals surface area contributed by atoms with Gasteiger partial charge in [-0.1, -0.05) is 18.6 Å². The van der Waals surface area contributed by atoms with Crippen molar-refractivity contribution in [3.8, 4) is 5.69 Å². The number of fused-ring (bicyclic) bond motifs is 1. The van der Waals surface area contributed by atoms with Crippen LogP contribution in [-0.4, -0.2) is 32.9 Å². The summed E-state index contributed by atoms with van der Waals surface area (Å²) in [6, 6.07) is 8.48. The van der Waals surface area contributed by atoms with Crippen LogP contribution in [-0.2, 0) is 17.7 Å². The third-order valence-corrected chi connectivity index (χ3v) is 5.45. The second-order valence-electron chi connectivity index (χ2n) is 8.57. The van der Waals surface area contributed by atoms with Gasteiger partial charge in [0.1, 0.15) is 5.60 Å². The Balaban J connectivity index is 1.56. The van der Waals surface area contributed by atoms with E-state index in [2.05, 4.69) is 29.4 Å². The molecule has 1 aromatic carbocycles. The van der Waals surface area contributed by atoms with Crippen LogP contribution < -0.4 is 5.56 Å². The van der Waals surface area contributed by atoms with Crippen molar-refractivity contribution in [1.82, 2.24) is 14.7 Å². The van der Waals surface area contributed by atoms with Crippen molar-refractivity contribution in [2.75, 3.05) is 6.54 Å². The summed E-state index contributed by atoms with van der Waals surface area (Å²) >= 11 is 0. The molecule has 1 amide bonds. The lowest BCUT2D eigenvalue weighted by molar-refractivity contribution is 0.0222. The van der Waals surface area contributed by atoms with Gasteiger partial charge in [-0.15, -0.1) is 0 Å². The average molecular weight is 369 g/mol. The summed E-state index contributed by atoms with van der Waals surface area (Å²) in [4.78, 5) is 26.4. The quantitative estimate of drug-likeness (QED) is 0.877. The van der Waals surface area contributed by atoms with E-state index in [9.17, 15) is 9.59 Å². The molecule has 0 saturated heterocycles. The number of ether oxygens (including phenoxy) is 1. The molecule has 2 aliphatic rings. The molecule has 0 atom stereocenters. The van der Waals surface area contributed by atoms with E-state index < -0.39 is 5.60 Å². The van der Waals surface area contributed by atoms with Gasteiger partial charge < -0.3 is 9.64 Å². The van der Waals surface area contributed by atoms with Crippen LogP contribution in [0.5, 0.6) is 0 Å². The SMILES string of the molecule is CC(C)(C)OC(=O)N1CCc2c(c(=O)[nH]n2-c2ccc(C3CCC3)cc2)C1. The highest BCUT2D eigenvalue weighted by Gasteiger charge is 2.29. The van der Waals surface area contributed by atoms with Crippen molar-refractivity contribution < 1.29 is 9.53 Å². The molecule has 1 aliphatic heterocycles. The Kier molecular flexibility index (Phi) is 4.36. The van der Waals surface area contributed by atoms with Gasteiger partial charge in [-0.25, -0.2) is 4.79 Å². The van der Waals surface area contributed by atoms with E-state index in [1.54, 1.807) is 4.90 Å². The highest BCUT2D eigenvalue weighted by molar-refractivity contribution is 5.68. The number of H-pyrrole nitrogens is 1. The largest absolute Gasteiger partial charge is 0.444 e. The number of amides is 1. The molecular weight excluding hydrogens is 342 g/mol. The third-order valence-electron chi connectivity index (χ3n) is 5.45. The molecule has 1 fully saturated rings. The van der Waals surface area contributed by atoms with Gasteiger partial charge in [0.05, 0.1) is 23.5 Å². The van der Waals surface area contributed by atoms with E-state index in [1.165, 1.54) is 24.8 Å². The third kappa shape index (κ3) is 3.53. The van der Waals surface area contributed by atoms with Gasteiger partial charge in [-0.3, -0.25) is 14.6 Å². The number of aromatic amines is 1. The minimum Gasteiger partial charge on any atom is -0.444 e. The predicted octanol–water partition coefficient (Wildman–Crippen LogP) is 3.73. The zero-order valence-electron chi connectivity index (χ0n) is 16.2. The van der Waals surface area contributed by atoms with Gasteiger partial charge in [0.15, 0.2) is 0 Å². The Labute approximate surface area is 159 Å². The second-order valence-corrected chi connectivity index (χ2v) is 8.57. The molecule has 0 unspecified atom stereocenters. The predicted molar refractivity (Wildman–Crippen MR) is 103 cm³/mol. The molecule has 2 aromatic rings. The highest BCUT2D eigenvalue weighted by atomic mass is 16.6. The normalized spacial score (nSPS) is 17.4. The molecule has 2 heterocycles. The summed E-state index contributed by atoms with van der Waals surface area (Å²) < 4.78 is 7.31. The van der Waals surface area contributed by atoms with Crippen LogP contribution in [0, 0.1) is 0 Å². The molecule has 144 valence electrons. The molecule has 6 nitrogen and oxygen atoms in total. The summed E-state index contributed by atoms with van der Waals surface area (Å²) in [5.74, 6) is 0.694. The van der Waals surface area contributed by atoms with E-state index in [0.29, 0.717) is 24.4 Å². The number of carbonyl (C=O) groups excluding carboxylic acids is 1. The highest BCUT2D eigenvalue weighted by Crippen LogP contribution is 2.36. The number of carbonyl (C=O) groups is 1. The Hall–Kier alpha value is -2.50. The van der Waals surface area contributed by atoms with Gasteiger partial charge >= 0.3 is 6.09 Å². The monoisotopic (exact) mass is 369 g/mol. The smallest absolute Gasteiger partial charge is 0.410 e. The van der Waals surface area contributed by atoms with Crippen molar-refractivity contribution in [2.24, 2.45) is 0 Å². The van der Waals surface area contributed by atoms with Crippen molar-refractivity contribution in [3.05, 3.63) is 51.4 Å². The zero-order chi connectivity index (χ0) is 19.2. The standard InChI is InChI=1S/C21H27N3O3/c1-21(2,3)27-20(26)23-12-11-18-17(13-23)19(25)22-24(18)16-9-7-15(8-10-16)14-5-4-6-14/h7-10,14H,4-6,11-13H2,1-3H3,(H,22,25). The second kappa shape index (κ2) is 6.59. The minimum atomic E-state index is -0.544. The first-order valence-corrected chi connectivity index (χ1v) is 9.73. The van der Waals surface area contributed by atoms with E-state index >= 15 is 0 Å². The molecule has 1 N–H and O–H groups in total. The molecule has 27 heavy (non-hydrogen) atoms. The van der Waals surface area contributed by atoms with Crippen molar-refractivity contribution in [1.29, 1.82) is 0 Å². The Morgan fingerprint density at radius 2 is 1.89 bits per heavy atom. The van der Waals surface area contributed by atoms with Gasteiger partial charge in [-0.2, -0.15) is 0 Å². The molecule has 4 rings (SSSR count). The average Bonchev–Trinajstić information content (AvgIpc) is 2.89. The molecule has 6 heteroatoms. The first-order chi connectivity index (χ1) is 12.8. The fourth-order valence-electron chi connectivity index (χ4n) is 3.78. The van der Waals surface area contributed by atoms with E-state index in [4.69, 9.17) is 4.74 Å². The summed E-state index contributed by atoms with van der Waals surface area (Å²) in [7, 11) is 0. The lowest BCUT2D eigenvalue weighted by Crippen LogP contribution is -2.41. The summed E-state index contributed by atoms with van der Waals surface area (Å²) in [6.45, 7) is 6.36. The number of rotatable bonds is 2. The van der Waals surface area contributed by atoms with E-state index in [-0.39, 0.29) is 18.2 Å². The van der Waals surface area contributed by atoms with Crippen molar-refractivity contribution in [2.45, 2.75) is 64.5 Å². The van der Waals surface area contributed by atoms with Crippen LogP contribution in [0.2, 0.25) is 0 Å². The van der Waals surface area contributed by atoms with Gasteiger partial charge in [0.2, 0.25) is 0 Å². The Bertz CT molecular complexity index is 898. The minimum absolute atomic E-state index is 0.138. The van der Waals surface area contributed by atoms with Crippen LogP contribution in [0.1, 0.15) is 62.8 Å². The van der Waals surface area contributed by atoms with Crippen LogP contribution in [0.15, 0.2) is 29.1 Å². The summed E-state index contributed by atoms with van der Waals surface area (Å²) in [5, 5.41) is 2.94. The van der Waals surface area contributed by atoms with Gasteiger partial charge in [-0.05, 0) is 57.2 Å². The van der Waals surface area contributed by atoms with Crippen molar-refractivity contribution in [3.63, 3.8) is 0 Å². The molecule has 0 radical (unpaired) electrons. The Morgan fingerprint density at radius 1 is 1.19 bits per heavy atom. The maximum atomic E-state index is 12.5. The number of hydrogen-bond donors (Lipinski definition) is 1. The lowest BCUT2D eigenvalue weighted by Gasteiger charge is -2.30. The molecule has 1 aliphatic carbocycles. The zero-order valence-corrected chi connectivity index (χ0v) is 16.2. The molecule has 1 aromatic heterocycles. The van der Waals surface area contributed by atoms with Gasteiger partial charge in [0.25, 0.3) is 5.56 Å². The fraction of sp³-hybridized carbons (Fsp3) is 0.524. The number of benzene rings is 1. The van der Waals surface area contributed by atoms with Crippen LogP contribution in [0.3, 0.4) is 0 Å². The first-order valence-electron chi connectivity index (χ1n) is 9.73. The van der Waals surface area contributed by atoms with Crippen molar-refractivity contribution >= 4 is 6.09 Å². The van der Waals surface area contributed by atoms with E-state index in [1.807, 2.05) is 25.5 Å². The van der Waals surface area contributed by atoms with Crippen LogP contribution in [0.25, 0.3) is 5.69 Å². The number of nitrogens with zero attached hydrogens (tertiary/aromatic N) is 2.